The highest BCUT2D eigenvalue weighted by molar-refractivity contribution is 5.87. The second kappa shape index (κ2) is 9.33. The van der Waals surface area contributed by atoms with Gasteiger partial charge in [0.25, 0.3) is 0 Å². The first kappa shape index (κ1) is 22.2. The lowest BCUT2D eigenvalue weighted by Crippen LogP contribution is -2.35. The number of morpholine rings is 1. The van der Waals surface area contributed by atoms with Crippen molar-refractivity contribution in [3.05, 3.63) is 77.5 Å². The number of rotatable bonds is 5. The molecule has 0 radical (unpaired) electrons. The van der Waals surface area contributed by atoms with Crippen molar-refractivity contribution in [3.8, 4) is 45.1 Å². The van der Waals surface area contributed by atoms with Crippen molar-refractivity contribution in [1.29, 1.82) is 0 Å². The molecule has 0 saturated carbocycles. The fraction of sp³-hybridized carbons (Fsp3) is 0.250. The molecule has 1 aliphatic rings. The molecule has 2 N–H and O–H groups in total. The first-order valence-electron chi connectivity index (χ1n) is 11.5. The molecule has 0 atom stereocenters. The first-order chi connectivity index (χ1) is 16.5. The zero-order valence-corrected chi connectivity index (χ0v) is 19.4. The maximum absolute atomic E-state index is 10.7. The molecule has 1 saturated heterocycles. The van der Waals surface area contributed by atoms with E-state index in [0.717, 1.165) is 60.8 Å². The molecule has 0 bridgehead atoms. The first-order valence-corrected chi connectivity index (χ1v) is 11.5. The Morgan fingerprint density at radius 1 is 0.824 bits per heavy atom. The Morgan fingerprint density at radius 2 is 1.47 bits per heavy atom. The minimum Gasteiger partial charge on any atom is -0.507 e. The van der Waals surface area contributed by atoms with E-state index in [1.807, 2.05) is 38.1 Å². The quantitative estimate of drug-likeness (QED) is 0.411. The minimum absolute atomic E-state index is 0.00959. The summed E-state index contributed by atoms with van der Waals surface area (Å²) >= 11 is 0. The Balaban J connectivity index is 1.50. The fourth-order valence-corrected chi connectivity index (χ4v) is 4.41. The summed E-state index contributed by atoms with van der Waals surface area (Å²) in [6.45, 7) is 8.24. The average molecular weight is 457 g/mol. The maximum atomic E-state index is 10.7. The summed E-state index contributed by atoms with van der Waals surface area (Å²) in [5.41, 5.74) is 6.85. The molecule has 34 heavy (non-hydrogen) atoms. The summed E-state index contributed by atoms with van der Waals surface area (Å²) < 4.78 is 11.1. The number of benzene rings is 3. The second-order valence-electron chi connectivity index (χ2n) is 8.81. The van der Waals surface area contributed by atoms with Gasteiger partial charge in [0.15, 0.2) is 5.76 Å². The van der Waals surface area contributed by atoms with Gasteiger partial charge in [-0.3, -0.25) is 4.90 Å². The molecule has 5 rings (SSSR count). The summed E-state index contributed by atoms with van der Waals surface area (Å²) in [4.78, 5) is 2.38. The molecule has 6 nitrogen and oxygen atoms in total. The molecular formula is C28H28N2O4. The third-order valence-electron chi connectivity index (χ3n) is 6.34. The summed E-state index contributed by atoms with van der Waals surface area (Å²) in [6, 6.07) is 19.4. The zero-order chi connectivity index (χ0) is 23.7. The van der Waals surface area contributed by atoms with Gasteiger partial charge in [-0.05, 0) is 36.6 Å². The van der Waals surface area contributed by atoms with Crippen molar-refractivity contribution in [2.75, 3.05) is 26.3 Å². The van der Waals surface area contributed by atoms with Gasteiger partial charge in [-0.2, -0.15) is 0 Å². The minimum atomic E-state index is -0.0605. The lowest BCUT2D eigenvalue weighted by Gasteiger charge is -2.26. The lowest BCUT2D eigenvalue weighted by molar-refractivity contribution is 0.0342. The molecule has 2 heterocycles. The number of aryl methyl sites for hydroxylation is 2. The van der Waals surface area contributed by atoms with Crippen molar-refractivity contribution < 1.29 is 19.5 Å². The van der Waals surface area contributed by atoms with Gasteiger partial charge in [0.2, 0.25) is 0 Å². The Bertz CT molecular complexity index is 1290. The van der Waals surface area contributed by atoms with Crippen LogP contribution in [0.5, 0.6) is 11.5 Å². The number of aromatic hydroxyl groups is 2. The van der Waals surface area contributed by atoms with Gasteiger partial charge in [0.1, 0.15) is 11.5 Å². The number of phenols is 2. The van der Waals surface area contributed by atoms with Crippen LogP contribution in [0.15, 0.2) is 65.2 Å². The summed E-state index contributed by atoms with van der Waals surface area (Å²) in [7, 11) is 0. The molecule has 0 spiro atoms. The molecule has 4 aromatic rings. The van der Waals surface area contributed by atoms with Crippen LogP contribution >= 0.6 is 0 Å². The third kappa shape index (κ3) is 4.42. The number of ether oxygens (including phenoxy) is 1. The normalized spacial score (nSPS) is 14.4. The van der Waals surface area contributed by atoms with Crippen LogP contribution in [0.2, 0.25) is 0 Å². The predicted octanol–water partition coefficient (Wildman–Crippen LogP) is 5.54. The van der Waals surface area contributed by atoms with E-state index in [-0.39, 0.29) is 11.5 Å². The van der Waals surface area contributed by atoms with Gasteiger partial charge in [-0.25, -0.2) is 0 Å². The van der Waals surface area contributed by atoms with E-state index in [1.165, 1.54) is 11.6 Å². The van der Waals surface area contributed by atoms with E-state index >= 15 is 0 Å². The average Bonchev–Trinajstić information content (AvgIpc) is 3.22. The molecule has 1 aliphatic heterocycles. The van der Waals surface area contributed by atoms with Gasteiger partial charge in [0.05, 0.1) is 30.0 Å². The Hall–Kier alpha value is -3.61. The SMILES string of the molecule is Cc1ccc(-c2cc(-c3onc(C)c3-c3ccc(CN4CCOCC4)cc3)c(O)cc2O)cc1. The summed E-state index contributed by atoms with van der Waals surface area (Å²) in [5.74, 6) is 0.425. The van der Waals surface area contributed by atoms with Gasteiger partial charge >= 0.3 is 0 Å². The molecule has 6 heteroatoms. The van der Waals surface area contributed by atoms with Crippen LogP contribution in [0, 0.1) is 13.8 Å². The molecule has 0 unspecified atom stereocenters. The van der Waals surface area contributed by atoms with Crippen LogP contribution in [-0.2, 0) is 11.3 Å². The topological polar surface area (TPSA) is 79.0 Å². The summed E-state index contributed by atoms with van der Waals surface area (Å²) in [5, 5.41) is 25.4. The maximum Gasteiger partial charge on any atom is 0.178 e. The fourth-order valence-electron chi connectivity index (χ4n) is 4.41. The number of aromatic nitrogens is 1. The largest absolute Gasteiger partial charge is 0.507 e. The van der Waals surface area contributed by atoms with Gasteiger partial charge in [-0.15, -0.1) is 0 Å². The number of phenolic OH excluding ortho intramolecular Hbond substituents is 2. The smallest absolute Gasteiger partial charge is 0.178 e. The van der Waals surface area contributed by atoms with Crippen LogP contribution in [0.3, 0.4) is 0 Å². The predicted molar refractivity (Wildman–Crippen MR) is 132 cm³/mol. The van der Waals surface area contributed by atoms with Crippen molar-refractivity contribution in [3.63, 3.8) is 0 Å². The highest BCUT2D eigenvalue weighted by Crippen LogP contribution is 2.44. The van der Waals surface area contributed by atoms with Crippen LogP contribution in [0.25, 0.3) is 33.6 Å². The molecule has 0 aliphatic carbocycles. The standard InChI is InChI=1S/C28H28N2O4/c1-18-3-7-21(8-4-18)23-15-24(26(32)16-25(23)31)28-27(19(2)29-34-28)22-9-5-20(6-10-22)17-30-11-13-33-14-12-30/h3-10,15-16,31-32H,11-14,17H2,1-2H3. The Kier molecular flexibility index (Phi) is 6.09. The zero-order valence-electron chi connectivity index (χ0n) is 19.4. The second-order valence-corrected chi connectivity index (χ2v) is 8.81. The highest BCUT2D eigenvalue weighted by Gasteiger charge is 2.22. The molecular weight excluding hydrogens is 428 g/mol. The monoisotopic (exact) mass is 456 g/mol. The van der Waals surface area contributed by atoms with E-state index < -0.39 is 0 Å². The number of hydrogen-bond acceptors (Lipinski definition) is 6. The van der Waals surface area contributed by atoms with E-state index in [2.05, 4.69) is 34.3 Å². The van der Waals surface area contributed by atoms with Gasteiger partial charge < -0.3 is 19.5 Å². The summed E-state index contributed by atoms with van der Waals surface area (Å²) in [6.07, 6.45) is 0. The van der Waals surface area contributed by atoms with E-state index in [0.29, 0.717) is 16.9 Å². The van der Waals surface area contributed by atoms with Crippen molar-refractivity contribution >= 4 is 0 Å². The molecule has 174 valence electrons. The molecule has 3 aromatic carbocycles. The van der Waals surface area contributed by atoms with Gasteiger partial charge in [-0.1, -0.05) is 59.3 Å². The van der Waals surface area contributed by atoms with E-state index in [9.17, 15) is 10.2 Å². The lowest BCUT2D eigenvalue weighted by atomic mass is 9.95. The van der Waals surface area contributed by atoms with Crippen molar-refractivity contribution in [2.24, 2.45) is 0 Å². The molecule has 1 fully saturated rings. The molecule has 0 amide bonds. The third-order valence-corrected chi connectivity index (χ3v) is 6.34. The van der Waals surface area contributed by atoms with Crippen LogP contribution in [0.4, 0.5) is 0 Å². The van der Waals surface area contributed by atoms with Crippen molar-refractivity contribution in [2.45, 2.75) is 20.4 Å². The molecule has 1 aromatic heterocycles. The van der Waals surface area contributed by atoms with Crippen LogP contribution in [-0.4, -0.2) is 46.6 Å². The number of nitrogens with zero attached hydrogens (tertiary/aromatic N) is 2. The van der Waals surface area contributed by atoms with E-state index in [4.69, 9.17) is 9.26 Å². The van der Waals surface area contributed by atoms with Crippen LogP contribution in [0.1, 0.15) is 16.8 Å². The Morgan fingerprint density at radius 3 is 2.18 bits per heavy atom. The van der Waals surface area contributed by atoms with E-state index in [1.54, 1.807) is 6.07 Å². The van der Waals surface area contributed by atoms with Gasteiger partial charge in [0, 0.05) is 31.3 Å². The Labute approximate surface area is 199 Å². The van der Waals surface area contributed by atoms with Crippen molar-refractivity contribution in [1.82, 2.24) is 10.1 Å². The number of hydrogen-bond donors (Lipinski definition) is 2. The van der Waals surface area contributed by atoms with Crippen LogP contribution < -0.4 is 0 Å². The highest BCUT2D eigenvalue weighted by atomic mass is 16.5.